The smallest absolute Gasteiger partial charge is 0.0693 e. The van der Waals surface area contributed by atoms with Gasteiger partial charge in [-0.2, -0.15) is 0 Å². The molecular formula is C18H24Cl6. The van der Waals surface area contributed by atoms with Crippen LogP contribution in [0.3, 0.4) is 0 Å². The van der Waals surface area contributed by atoms with Crippen molar-refractivity contribution in [1.82, 2.24) is 0 Å². The number of hydrogen-bond acceptors (Lipinski definition) is 0. The summed E-state index contributed by atoms with van der Waals surface area (Å²) in [7, 11) is 0. The molecule has 0 saturated heterocycles. The van der Waals surface area contributed by atoms with Crippen LogP contribution in [0, 0.1) is 0 Å². The molecule has 0 nitrogen and oxygen atoms in total. The first kappa shape index (κ1) is 23.0. The Hall–Kier alpha value is 0.960. The summed E-state index contributed by atoms with van der Waals surface area (Å²) in [5.41, 5.74) is 1.48. The van der Waals surface area contributed by atoms with Gasteiger partial charge in [0, 0.05) is 0 Å². The zero-order chi connectivity index (χ0) is 18.1. The first-order valence-electron chi connectivity index (χ1n) is 8.28. The maximum Gasteiger partial charge on any atom is 0.0693 e. The fourth-order valence-electron chi connectivity index (χ4n) is 2.45. The van der Waals surface area contributed by atoms with Crippen molar-refractivity contribution >= 4 is 69.6 Å². The summed E-state index contributed by atoms with van der Waals surface area (Å²) in [5, 5.41) is -2.62. The van der Waals surface area contributed by atoms with Crippen LogP contribution in [0.2, 0.25) is 0 Å². The summed E-state index contributed by atoms with van der Waals surface area (Å²) in [6.07, 6.45) is 6.69. The third-order valence-corrected chi connectivity index (χ3v) is 8.02. The molecule has 6 heteroatoms. The van der Waals surface area contributed by atoms with Gasteiger partial charge in [0.1, 0.15) is 0 Å². The van der Waals surface area contributed by atoms with Crippen LogP contribution in [0.1, 0.15) is 38.2 Å². The van der Waals surface area contributed by atoms with E-state index >= 15 is 0 Å². The van der Waals surface area contributed by atoms with E-state index in [1.54, 1.807) is 0 Å². The Balaban J connectivity index is 0.000000240. The van der Waals surface area contributed by atoms with Crippen molar-refractivity contribution in [3.63, 3.8) is 0 Å². The topological polar surface area (TPSA) is 0 Å². The zero-order valence-electron chi connectivity index (χ0n) is 13.7. The Kier molecular flexibility index (Phi) is 11.9. The number of halogens is 6. The number of benzene rings is 1. The van der Waals surface area contributed by atoms with Crippen LogP contribution in [0.5, 0.6) is 0 Å². The van der Waals surface area contributed by atoms with Crippen LogP contribution >= 0.6 is 69.6 Å². The van der Waals surface area contributed by atoms with Crippen LogP contribution in [0.25, 0.3) is 0 Å². The van der Waals surface area contributed by atoms with Crippen LogP contribution in [-0.4, -0.2) is 32.3 Å². The molecule has 1 aliphatic rings. The Morgan fingerprint density at radius 1 is 0.625 bits per heavy atom. The van der Waals surface area contributed by atoms with Gasteiger partial charge in [-0.3, -0.25) is 0 Å². The highest BCUT2D eigenvalue weighted by Crippen LogP contribution is 2.39. The summed E-state index contributed by atoms with van der Waals surface area (Å²) in [6.45, 7) is 2.25. The minimum absolute atomic E-state index is 0.437. The quantitative estimate of drug-likeness (QED) is 0.321. The van der Waals surface area contributed by atoms with Gasteiger partial charge < -0.3 is 0 Å². The van der Waals surface area contributed by atoms with E-state index in [9.17, 15) is 0 Å². The highest BCUT2D eigenvalue weighted by atomic mass is 35.5. The van der Waals surface area contributed by atoms with E-state index in [0.29, 0.717) is 0 Å². The molecule has 0 unspecified atom stereocenters. The highest BCUT2D eigenvalue weighted by molar-refractivity contribution is 6.45. The van der Waals surface area contributed by atoms with Crippen LogP contribution in [0.15, 0.2) is 30.3 Å². The molecule has 0 heterocycles. The fraction of sp³-hybridized carbons (Fsp3) is 0.667. The standard InChI is InChI=1S/C12H18.C6H6Cl6/c1-2-3-4-6-9-12-10-7-5-8-11-12;7-1-2(8)4(10)6(12)5(11)3(1)9/h5,7-8,10-11H,2-4,6,9H2,1H3;1-6H. The Morgan fingerprint density at radius 2 is 1.04 bits per heavy atom. The van der Waals surface area contributed by atoms with Gasteiger partial charge in [-0.1, -0.05) is 56.5 Å². The van der Waals surface area contributed by atoms with Gasteiger partial charge in [0.2, 0.25) is 0 Å². The second-order valence-corrected chi connectivity index (χ2v) is 8.99. The Bertz CT molecular complexity index is 382. The molecule has 0 bridgehead atoms. The van der Waals surface area contributed by atoms with Crippen LogP contribution in [0.4, 0.5) is 0 Å². The minimum Gasteiger partial charge on any atom is -0.120 e. The van der Waals surface area contributed by atoms with E-state index < -0.39 is 32.3 Å². The molecule has 1 saturated carbocycles. The molecule has 0 amide bonds. The lowest BCUT2D eigenvalue weighted by molar-refractivity contribution is 0.544. The van der Waals surface area contributed by atoms with Gasteiger partial charge in [-0.25, -0.2) is 0 Å². The van der Waals surface area contributed by atoms with Gasteiger partial charge in [0.05, 0.1) is 32.3 Å². The maximum atomic E-state index is 5.88. The summed E-state index contributed by atoms with van der Waals surface area (Å²) in [4.78, 5) is 0. The lowest BCUT2D eigenvalue weighted by Crippen LogP contribution is -2.52. The van der Waals surface area contributed by atoms with Crippen molar-refractivity contribution in [2.45, 2.75) is 71.3 Å². The van der Waals surface area contributed by atoms with Crippen molar-refractivity contribution in [3.05, 3.63) is 35.9 Å². The SMILES string of the molecule is CCCCCCc1ccccc1.ClC1C(Cl)C(Cl)C(Cl)C(Cl)C1Cl. The molecule has 0 N–H and O–H groups in total. The average Bonchev–Trinajstić information content (AvgIpc) is 2.62. The first-order valence-corrected chi connectivity index (χ1v) is 10.9. The van der Waals surface area contributed by atoms with E-state index in [0.717, 1.165) is 0 Å². The van der Waals surface area contributed by atoms with Gasteiger partial charge in [0.25, 0.3) is 0 Å². The molecule has 138 valence electrons. The molecule has 1 aliphatic carbocycles. The van der Waals surface area contributed by atoms with E-state index in [2.05, 4.69) is 37.3 Å². The predicted octanol–water partition coefficient (Wildman–Crippen LogP) is 7.45. The lowest BCUT2D eigenvalue weighted by Gasteiger charge is -2.37. The molecule has 1 aromatic rings. The monoisotopic (exact) mass is 450 g/mol. The van der Waals surface area contributed by atoms with Crippen molar-refractivity contribution in [1.29, 1.82) is 0 Å². The number of alkyl halides is 6. The summed E-state index contributed by atoms with van der Waals surface area (Å²) < 4.78 is 0. The molecule has 1 aromatic carbocycles. The van der Waals surface area contributed by atoms with Gasteiger partial charge in [-0.15, -0.1) is 69.6 Å². The lowest BCUT2D eigenvalue weighted by atomic mass is 9.97. The summed E-state index contributed by atoms with van der Waals surface area (Å²) in [6, 6.07) is 10.7. The predicted molar refractivity (Wildman–Crippen MR) is 112 cm³/mol. The number of aryl methyl sites for hydroxylation is 1. The number of unbranched alkanes of at least 4 members (excludes halogenated alkanes) is 3. The molecule has 24 heavy (non-hydrogen) atoms. The molecule has 0 radical (unpaired) electrons. The van der Waals surface area contributed by atoms with Gasteiger partial charge in [-0.05, 0) is 18.4 Å². The maximum absolute atomic E-state index is 5.88. The summed E-state index contributed by atoms with van der Waals surface area (Å²) >= 11 is 35.3. The molecule has 0 atom stereocenters. The van der Waals surface area contributed by atoms with Gasteiger partial charge in [0.15, 0.2) is 0 Å². The van der Waals surface area contributed by atoms with E-state index in [1.807, 2.05) is 0 Å². The second kappa shape index (κ2) is 12.4. The highest BCUT2D eigenvalue weighted by Gasteiger charge is 2.46. The fourth-order valence-corrected chi connectivity index (χ4v) is 4.78. The third-order valence-electron chi connectivity index (χ3n) is 3.99. The zero-order valence-corrected chi connectivity index (χ0v) is 18.2. The second-order valence-electron chi connectivity index (χ2n) is 5.96. The van der Waals surface area contributed by atoms with Crippen molar-refractivity contribution < 1.29 is 0 Å². The van der Waals surface area contributed by atoms with Crippen molar-refractivity contribution in [2.24, 2.45) is 0 Å². The molecule has 0 aliphatic heterocycles. The van der Waals surface area contributed by atoms with E-state index in [1.165, 1.54) is 37.7 Å². The van der Waals surface area contributed by atoms with Gasteiger partial charge >= 0.3 is 0 Å². The van der Waals surface area contributed by atoms with E-state index in [-0.39, 0.29) is 0 Å². The molecular weight excluding hydrogens is 429 g/mol. The largest absolute Gasteiger partial charge is 0.120 e. The molecule has 0 aromatic heterocycles. The first-order chi connectivity index (χ1) is 11.4. The van der Waals surface area contributed by atoms with Crippen LogP contribution in [-0.2, 0) is 6.42 Å². The van der Waals surface area contributed by atoms with Crippen LogP contribution < -0.4 is 0 Å². The van der Waals surface area contributed by atoms with Crippen molar-refractivity contribution in [2.75, 3.05) is 0 Å². The number of hydrogen-bond donors (Lipinski definition) is 0. The minimum atomic E-state index is -0.437. The Labute approximate surface area is 176 Å². The molecule has 2 rings (SSSR count). The van der Waals surface area contributed by atoms with E-state index in [4.69, 9.17) is 69.6 Å². The Morgan fingerprint density at radius 3 is 1.42 bits per heavy atom. The molecule has 0 spiro atoms. The molecule has 1 fully saturated rings. The normalized spacial score (nSPS) is 32.8. The summed E-state index contributed by atoms with van der Waals surface area (Å²) in [5.74, 6) is 0. The van der Waals surface area contributed by atoms with Crippen molar-refractivity contribution in [3.8, 4) is 0 Å². The third kappa shape index (κ3) is 7.29. The number of rotatable bonds is 5. The average molecular weight is 453 g/mol.